The third kappa shape index (κ3) is 2.38. The summed E-state index contributed by atoms with van der Waals surface area (Å²) in [6.07, 6.45) is 0. The zero-order valence-corrected chi connectivity index (χ0v) is 12.8. The van der Waals surface area contributed by atoms with E-state index in [1.807, 2.05) is 0 Å². The van der Waals surface area contributed by atoms with Crippen molar-refractivity contribution in [3.63, 3.8) is 0 Å². The molecule has 3 rings (SSSR count). The van der Waals surface area contributed by atoms with E-state index >= 15 is 0 Å². The van der Waals surface area contributed by atoms with Crippen molar-refractivity contribution in [1.82, 2.24) is 4.98 Å². The van der Waals surface area contributed by atoms with Crippen molar-refractivity contribution in [3.8, 4) is 0 Å². The van der Waals surface area contributed by atoms with Gasteiger partial charge in [-0.05, 0) is 11.5 Å². The van der Waals surface area contributed by atoms with Crippen molar-refractivity contribution in [2.24, 2.45) is 0 Å². The van der Waals surface area contributed by atoms with Gasteiger partial charge >= 0.3 is 23.9 Å². The standard InChI is InChI=1S/C17H9NO8/c19-14(20)8-5-6-3-1-2-4-7(6)12-9(8)10(15(21)22)11(16(23)24)13(18-12)17(25)26/h1-5H,(H,19,20)(H,21,22)(H,23,24)(H,25,26). The third-order valence-electron chi connectivity index (χ3n) is 3.84. The average Bonchev–Trinajstić information content (AvgIpc) is 2.58. The van der Waals surface area contributed by atoms with E-state index in [9.17, 15) is 39.6 Å². The monoisotopic (exact) mass is 355 g/mol. The summed E-state index contributed by atoms with van der Waals surface area (Å²) < 4.78 is 0. The highest BCUT2D eigenvalue weighted by Gasteiger charge is 2.31. The Balaban J connectivity index is 2.75. The Kier molecular flexibility index (Phi) is 3.76. The van der Waals surface area contributed by atoms with Gasteiger partial charge in [0.1, 0.15) is 5.56 Å². The van der Waals surface area contributed by atoms with Gasteiger partial charge < -0.3 is 20.4 Å². The second kappa shape index (κ2) is 5.81. The average molecular weight is 355 g/mol. The molecule has 1 heterocycles. The molecule has 1 aromatic heterocycles. The van der Waals surface area contributed by atoms with Crippen molar-refractivity contribution in [3.05, 3.63) is 52.7 Å². The second-order valence-corrected chi connectivity index (χ2v) is 5.30. The van der Waals surface area contributed by atoms with E-state index in [-0.39, 0.29) is 5.52 Å². The molecule has 0 amide bonds. The highest BCUT2D eigenvalue weighted by Crippen LogP contribution is 2.33. The van der Waals surface area contributed by atoms with Crippen LogP contribution in [0.4, 0.5) is 0 Å². The van der Waals surface area contributed by atoms with Crippen LogP contribution in [-0.4, -0.2) is 49.3 Å². The molecule has 0 aliphatic rings. The van der Waals surface area contributed by atoms with Gasteiger partial charge in [0.25, 0.3) is 0 Å². The van der Waals surface area contributed by atoms with Gasteiger partial charge in [0.15, 0.2) is 5.69 Å². The molecule has 9 nitrogen and oxygen atoms in total. The summed E-state index contributed by atoms with van der Waals surface area (Å²) in [5.41, 5.74) is -3.67. The number of rotatable bonds is 4. The van der Waals surface area contributed by atoms with Crippen LogP contribution in [0.5, 0.6) is 0 Å². The van der Waals surface area contributed by atoms with Crippen molar-refractivity contribution in [2.45, 2.75) is 0 Å². The summed E-state index contributed by atoms with van der Waals surface area (Å²) in [6, 6.07) is 7.45. The molecule has 3 aromatic rings. The molecule has 0 unspecified atom stereocenters. The number of carboxylic acid groups (broad SMARTS) is 4. The van der Waals surface area contributed by atoms with Gasteiger partial charge in [0.2, 0.25) is 0 Å². The Labute approximate surface area is 143 Å². The number of fused-ring (bicyclic) bond motifs is 3. The van der Waals surface area contributed by atoms with Gasteiger partial charge in [0, 0.05) is 10.8 Å². The topological polar surface area (TPSA) is 162 Å². The van der Waals surface area contributed by atoms with Crippen LogP contribution in [0, 0.1) is 0 Å². The number of carboxylic acids is 4. The summed E-state index contributed by atoms with van der Waals surface area (Å²) in [5.74, 6) is -6.84. The number of nitrogens with zero attached hydrogens (tertiary/aromatic N) is 1. The molecule has 0 saturated heterocycles. The quantitative estimate of drug-likeness (QED) is 0.514. The SMILES string of the molecule is O=C(O)c1nc2c(c(C(=O)O)cc3ccccc32)c(C(=O)O)c1C(=O)O. The number of carbonyl (C=O) groups is 4. The van der Waals surface area contributed by atoms with E-state index < -0.39 is 51.6 Å². The lowest BCUT2D eigenvalue weighted by atomic mass is 9.93. The van der Waals surface area contributed by atoms with Crippen LogP contribution in [0.1, 0.15) is 41.6 Å². The maximum atomic E-state index is 11.7. The Bertz CT molecular complexity index is 1150. The summed E-state index contributed by atoms with van der Waals surface area (Å²) in [6.45, 7) is 0. The van der Waals surface area contributed by atoms with Gasteiger partial charge in [-0.2, -0.15) is 0 Å². The fourth-order valence-corrected chi connectivity index (χ4v) is 2.85. The van der Waals surface area contributed by atoms with E-state index in [2.05, 4.69) is 4.98 Å². The largest absolute Gasteiger partial charge is 0.478 e. The summed E-state index contributed by atoms with van der Waals surface area (Å²) in [7, 11) is 0. The summed E-state index contributed by atoms with van der Waals surface area (Å²) in [5, 5.41) is 37.9. The molecule has 4 N–H and O–H groups in total. The molecule has 0 radical (unpaired) electrons. The minimum absolute atomic E-state index is 0.208. The first-order chi connectivity index (χ1) is 12.2. The lowest BCUT2D eigenvalue weighted by Crippen LogP contribution is -2.18. The van der Waals surface area contributed by atoms with Crippen LogP contribution in [0.25, 0.3) is 21.7 Å². The van der Waals surface area contributed by atoms with Crippen LogP contribution in [0.15, 0.2) is 30.3 Å². The normalized spacial score (nSPS) is 10.8. The molecule has 0 bridgehead atoms. The Morgan fingerprint density at radius 2 is 1.38 bits per heavy atom. The maximum absolute atomic E-state index is 11.7. The van der Waals surface area contributed by atoms with Crippen LogP contribution in [0.3, 0.4) is 0 Å². The number of hydrogen-bond acceptors (Lipinski definition) is 5. The zero-order valence-electron chi connectivity index (χ0n) is 12.8. The number of aromatic carboxylic acids is 4. The first kappa shape index (κ1) is 16.8. The predicted octanol–water partition coefficient (Wildman–Crippen LogP) is 2.18. The lowest BCUT2D eigenvalue weighted by molar-refractivity contribution is 0.0631. The minimum atomic E-state index is -1.83. The Morgan fingerprint density at radius 3 is 1.92 bits per heavy atom. The maximum Gasteiger partial charge on any atom is 0.355 e. The van der Waals surface area contributed by atoms with E-state index in [1.165, 1.54) is 12.1 Å². The van der Waals surface area contributed by atoms with Crippen molar-refractivity contribution < 1.29 is 39.6 Å². The third-order valence-corrected chi connectivity index (χ3v) is 3.84. The van der Waals surface area contributed by atoms with Gasteiger partial charge in [-0.25, -0.2) is 24.2 Å². The molecule has 0 saturated carbocycles. The predicted molar refractivity (Wildman–Crippen MR) is 87.1 cm³/mol. The van der Waals surface area contributed by atoms with E-state index in [4.69, 9.17) is 0 Å². The van der Waals surface area contributed by atoms with Gasteiger partial charge in [-0.1, -0.05) is 24.3 Å². The van der Waals surface area contributed by atoms with Gasteiger partial charge in [-0.15, -0.1) is 0 Å². The molecule has 2 aromatic carbocycles. The molecule has 9 heteroatoms. The fourth-order valence-electron chi connectivity index (χ4n) is 2.85. The smallest absolute Gasteiger partial charge is 0.355 e. The Morgan fingerprint density at radius 1 is 0.769 bits per heavy atom. The van der Waals surface area contributed by atoms with Crippen molar-refractivity contribution in [1.29, 1.82) is 0 Å². The number of aromatic nitrogens is 1. The first-order valence-electron chi connectivity index (χ1n) is 7.06. The van der Waals surface area contributed by atoms with E-state index in [0.717, 1.165) is 0 Å². The van der Waals surface area contributed by atoms with Crippen LogP contribution in [-0.2, 0) is 0 Å². The van der Waals surface area contributed by atoms with Crippen LogP contribution < -0.4 is 0 Å². The van der Waals surface area contributed by atoms with Crippen molar-refractivity contribution >= 4 is 45.6 Å². The molecule has 0 aliphatic carbocycles. The first-order valence-corrected chi connectivity index (χ1v) is 7.06. The highest BCUT2D eigenvalue weighted by atomic mass is 16.4. The second-order valence-electron chi connectivity index (χ2n) is 5.30. The minimum Gasteiger partial charge on any atom is -0.478 e. The van der Waals surface area contributed by atoms with Gasteiger partial charge in [-0.3, -0.25) is 0 Å². The van der Waals surface area contributed by atoms with Crippen LogP contribution >= 0.6 is 0 Å². The zero-order chi connectivity index (χ0) is 19.2. The molecule has 0 atom stereocenters. The summed E-state index contributed by atoms with van der Waals surface area (Å²) >= 11 is 0. The highest BCUT2D eigenvalue weighted by molar-refractivity contribution is 6.23. The molecule has 130 valence electrons. The molecule has 0 aliphatic heterocycles. The van der Waals surface area contributed by atoms with Crippen molar-refractivity contribution in [2.75, 3.05) is 0 Å². The molecule has 26 heavy (non-hydrogen) atoms. The molecule has 0 spiro atoms. The van der Waals surface area contributed by atoms with E-state index in [0.29, 0.717) is 10.8 Å². The number of benzene rings is 2. The molecular weight excluding hydrogens is 346 g/mol. The van der Waals surface area contributed by atoms with Gasteiger partial charge in [0.05, 0.1) is 16.6 Å². The van der Waals surface area contributed by atoms with E-state index in [1.54, 1.807) is 18.2 Å². The van der Waals surface area contributed by atoms with Crippen LogP contribution in [0.2, 0.25) is 0 Å². The number of pyridine rings is 1. The summed E-state index contributed by atoms with van der Waals surface area (Å²) in [4.78, 5) is 50.2. The fraction of sp³-hybridized carbons (Fsp3) is 0. The lowest BCUT2D eigenvalue weighted by Gasteiger charge is -2.13. The number of hydrogen-bond donors (Lipinski definition) is 4. The molecular formula is C17H9NO8. The molecule has 0 fully saturated rings. The Hall–Kier alpha value is -4.01.